The van der Waals surface area contributed by atoms with Crippen LogP contribution in [0.3, 0.4) is 0 Å². The van der Waals surface area contributed by atoms with E-state index < -0.39 is 6.04 Å². The van der Waals surface area contributed by atoms with E-state index >= 15 is 0 Å². The molecular formula is C17H29N3O3. The van der Waals surface area contributed by atoms with Crippen LogP contribution in [0.4, 0.5) is 0 Å². The minimum Gasteiger partial charge on any atom is -0.343 e. The van der Waals surface area contributed by atoms with Crippen molar-refractivity contribution in [2.45, 2.75) is 64.6 Å². The predicted octanol–water partition coefficient (Wildman–Crippen LogP) is 0.801. The number of amides is 2. The van der Waals surface area contributed by atoms with Crippen LogP contribution in [0.1, 0.15) is 46.5 Å². The van der Waals surface area contributed by atoms with Crippen molar-refractivity contribution in [3.63, 3.8) is 0 Å². The van der Waals surface area contributed by atoms with Crippen LogP contribution in [0.5, 0.6) is 0 Å². The van der Waals surface area contributed by atoms with E-state index in [0.717, 1.165) is 32.2 Å². The maximum atomic E-state index is 12.9. The third kappa shape index (κ3) is 3.91. The number of carbonyl (C=O) groups is 3. The highest BCUT2D eigenvalue weighted by Gasteiger charge is 2.38. The fourth-order valence-electron chi connectivity index (χ4n) is 3.64. The standard InChI is InChI=1S/C17H29N3O3/c1-11(2)15(18-16(22)14-8-5-9-19(14)4)17(23)20-10-6-7-13(20)12(3)21/h11,13-15H,5-10H2,1-4H3,(H,18,22). The van der Waals surface area contributed by atoms with Gasteiger partial charge in [-0.15, -0.1) is 0 Å². The molecule has 2 saturated heterocycles. The average molecular weight is 323 g/mol. The second-order valence-electron chi connectivity index (χ2n) is 7.17. The molecule has 0 saturated carbocycles. The fraction of sp³-hybridized carbons (Fsp3) is 0.824. The van der Waals surface area contributed by atoms with Gasteiger partial charge in [0.15, 0.2) is 5.78 Å². The first-order chi connectivity index (χ1) is 10.8. The van der Waals surface area contributed by atoms with Crippen molar-refractivity contribution >= 4 is 17.6 Å². The van der Waals surface area contributed by atoms with Crippen molar-refractivity contribution in [1.82, 2.24) is 15.1 Å². The van der Waals surface area contributed by atoms with E-state index in [-0.39, 0.29) is 35.6 Å². The van der Waals surface area contributed by atoms with E-state index in [1.165, 1.54) is 6.92 Å². The quantitative estimate of drug-likeness (QED) is 0.812. The van der Waals surface area contributed by atoms with E-state index in [1.54, 1.807) is 4.90 Å². The Bertz CT molecular complexity index is 478. The SMILES string of the molecule is CC(=O)C1CCCN1C(=O)C(NC(=O)C1CCCN1C)C(C)C. The number of hydrogen-bond donors (Lipinski definition) is 1. The second kappa shape index (κ2) is 7.43. The first kappa shape index (κ1) is 17.9. The molecule has 3 atom stereocenters. The molecule has 0 bridgehead atoms. The number of nitrogens with zero attached hydrogens (tertiary/aromatic N) is 2. The van der Waals surface area contributed by atoms with Crippen molar-refractivity contribution in [3.05, 3.63) is 0 Å². The molecule has 2 rings (SSSR count). The molecule has 2 aliphatic rings. The molecule has 0 aliphatic carbocycles. The topological polar surface area (TPSA) is 69.7 Å². The van der Waals surface area contributed by atoms with Crippen molar-refractivity contribution in [2.24, 2.45) is 5.92 Å². The third-order valence-electron chi connectivity index (χ3n) is 5.06. The summed E-state index contributed by atoms with van der Waals surface area (Å²) >= 11 is 0. The summed E-state index contributed by atoms with van der Waals surface area (Å²) in [5, 5.41) is 2.94. The van der Waals surface area contributed by atoms with Crippen molar-refractivity contribution < 1.29 is 14.4 Å². The van der Waals surface area contributed by atoms with Gasteiger partial charge in [0.25, 0.3) is 0 Å². The number of hydrogen-bond acceptors (Lipinski definition) is 4. The molecule has 6 nitrogen and oxygen atoms in total. The van der Waals surface area contributed by atoms with E-state index in [0.29, 0.717) is 6.54 Å². The first-order valence-corrected chi connectivity index (χ1v) is 8.64. The molecule has 3 unspecified atom stereocenters. The Hall–Kier alpha value is -1.43. The lowest BCUT2D eigenvalue weighted by molar-refractivity contribution is -0.142. The molecule has 2 amide bonds. The van der Waals surface area contributed by atoms with Gasteiger partial charge < -0.3 is 10.2 Å². The molecule has 23 heavy (non-hydrogen) atoms. The highest BCUT2D eigenvalue weighted by Crippen LogP contribution is 2.21. The molecule has 0 aromatic rings. The Balaban J connectivity index is 2.07. The van der Waals surface area contributed by atoms with Crippen LogP contribution in [0, 0.1) is 5.92 Å². The summed E-state index contributed by atoms with van der Waals surface area (Å²) in [6.45, 7) is 6.91. The number of nitrogens with one attached hydrogen (secondary N) is 1. The lowest BCUT2D eigenvalue weighted by atomic mass is 10.0. The van der Waals surface area contributed by atoms with E-state index in [9.17, 15) is 14.4 Å². The van der Waals surface area contributed by atoms with Gasteiger partial charge in [0.2, 0.25) is 11.8 Å². The van der Waals surface area contributed by atoms with Gasteiger partial charge in [-0.1, -0.05) is 13.8 Å². The Morgan fingerprint density at radius 1 is 1.04 bits per heavy atom. The highest BCUT2D eigenvalue weighted by molar-refractivity contribution is 5.93. The molecule has 2 heterocycles. The van der Waals surface area contributed by atoms with Gasteiger partial charge in [-0.2, -0.15) is 0 Å². The van der Waals surface area contributed by atoms with Gasteiger partial charge in [-0.05, 0) is 52.1 Å². The maximum Gasteiger partial charge on any atom is 0.246 e. The lowest BCUT2D eigenvalue weighted by Crippen LogP contribution is -2.56. The summed E-state index contributed by atoms with van der Waals surface area (Å²) in [4.78, 5) is 40.8. The monoisotopic (exact) mass is 323 g/mol. The van der Waals surface area contributed by atoms with Gasteiger partial charge in [0.05, 0.1) is 12.1 Å². The minimum atomic E-state index is -0.559. The van der Waals surface area contributed by atoms with Gasteiger partial charge in [0.1, 0.15) is 6.04 Å². The van der Waals surface area contributed by atoms with Gasteiger partial charge in [0, 0.05) is 6.54 Å². The Morgan fingerprint density at radius 2 is 1.65 bits per heavy atom. The Kier molecular flexibility index (Phi) is 5.79. The molecule has 130 valence electrons. The second-order valence-corrected chi connectivity index (χ2v) is 7.17. The lowest BCUT2D eigenvalue weighted by Gasteiger charge is -2.31. The van der Waals surface area contributed by atoms with Crippen molar-refractivity contribution in [3.8, 4) is 0 Å². The number of likely N-dealkylation sites (tertiary alicyclic amines) is 2. The number of carbonyl (C=O) groups excluding carboxylic acids is 3. The molecule has 0 radical (unpaired) electrons. The molecule has 2 aliphatic heterocycles. The largest absolute Gasteiger partial charge is 0.343 e. The van der Waals surface area contributed by atoms with Crippen LogP contribution < -0.4 is 5.32 Å². The van der Waals surface area contributed by atoms with Crippen molar-refractivity contribution in [1.29, 1.82) is 0 Å². The van der Waals surface area contributed by atoms with Crippen molar-refractivity contribution in [2.75, 3.05) is 20.1 Å². The summed E-state index contributed by atoms with van der Waals surface area (Å²) < 4.78 is 0. The highest BCUT2D eigenvalue weighted by atomic mass is 16.2. The summed E-state index contributed by atoms with van der Waals surface area (Å²) in [6, 6.07) is -1.03. The average Bonchev–Trinajstić information content (AvgIpc) is 3.11. The van der Waals surface area contributed by atoms with Gasteiger partial charge >= 0.3 is 0 Å². The molecule has 0 spiro atoms. The van der Waals surface area contributed by atoms with E-state index in [1.807, 2.05) is 25.8 Å². The smallest absolute Gasteiger partial charge is 0.246 e. The molecular weight excluding hydrogens is 294 g/mol. The first-order valence-electron chi connectivity index (χ1n) is 8.64. The summed E-state index contributed by atoms with van der Waals surface area (Å²) in [7, 11) is 1.94. The van der Waals surface area contributed by atoms with Crippen LogP contribution in [0.2, 0.25) is 0 Å². The fourth-order valence-corrected chi connectivity index (χ4v) is 3.64. The van der Waals surface area contributed by atoms with Crippen LogP contribution in [0.25, 0.3) is 0 Å². The summed E-state index contributed by atoms with van der Waals surface area (Å²) in [5.74, 6) is -0.172. The number of ketones is 1. The van der Waals surface area contributed by atoms with Gasteiger partial charge in [-0.25, -0.2) is 0 Å². The molecule has 1 N–H and O–H groups in total. The molecule has 2 fully saturated rings. The zero-order valence-corrected chi connectivity index (χ0v) is 14.7. The van der Waals surface area contributed by atoms with Crippen LogP contribution in [0.15, 0.2) is 0 Å². The number of Topliss-reactive ketones (excluding diaryl/α,β-unsaturated/α-hetero) is 1. The third-order valence-corrected chi connectivity index (χ3v) is 5.06. The zero-order valence-electron chi connectivity index (χ0n) is 14.7. The molecule has 0 aromatic carbocycles. The maximum absolute atomic E-state index is 12.9. The summed E-state index contributed by atoms with van der Waals surface area (Å²) in [6.07, 6.45) is 3.42. The number of likely N-dealkylation sites (N-methyl/N-ethyl adjacent to an activating group) is 1. The van der Waals surface area contributed by atoms with Crippen LogP contribution in [-0.2, 0) is 14.4 Å². The summed E-state index contributed by atoms with van der Waals surface area (Å²) in [5.41, 5.74) is 0. The zero-order chi connectivity index (χ0) is 17.1. The Morgan fingerprint density at radius 3 is 2.17 bits per heavy atom. The number of rotatable bonds is 5. The van der Waals surface area contributed by atoms with E-state index in [4.69, 9.17) is 0 Å². The van der Waals surface area contributed by atoms with Gasteiger partial charge in [-0.3, -0.25) is 19.3 Å². The van der Waals surface area contributed by atoms with E-state index in [2.05, 4.69) is 5.32 Å². The van der Waals surface area contributed by atoms with Crippen LogP contribution >= 0.6 is 0 Å². The normalized spacial score (nSPS) is 26.6. The Labute approximate surface area is 138 Å². The predicted molar refractivity (Wildman–Crippen MR) is 87.8 cm³/mol. The molecule has 6 heteroatoms. The minimum absolute atomic E-state index is 0.00799. The van der Waals surface area contributed by atoms with Crippen LogP contribution in [-0.4, -0.2) is 65.7 Å². The molecule has 0 aromatic heterocycles.